The number of aliphatic hydroxyl groups excluding tert-OH is 2. The summed E-state index contributed by atoms with van der Waals surface area (Å²) in [5.41, 5.74) is 3.80. The van der Waals surface area contributed by atoms with Crippen molar-refractivity contribution < 1.29 is 14.9 Å². The Morgan fingerprint density at radius 2 is 1.69 bits per heavy atom. The molecule has 4 rings (SSSR count). The maximum absolute atomic E-state index is 10.8. The molecule has 0 saturated heterocycles. The third kappa shape index (κ3) is 6.68. The number of benzene rings is 2. The van der Waals surface area contributed by atoms with Gasteiger partial charge in [0.2, 0.25) is 0 Å². The van der Waals surface area contributed by atoms with Gasteiger partial charge in [0.15, 0.2) is 0 Å². The van der Waals surface area contributed by atoms with Gasteiger partial charge in [-0.2, -0.15) is 0 Å². The fourth-order valence-corrected chi connectivity index (χ4v) is 6.56. The summed E-state index contributed by atoms with van der Waals surface area (Å²) in [7, 11) is 0. The second kappa shape index (κ2) is 11.9. The van der Waals surface area contributed by atoms with Crippen molar-refractivity contribution >= 4 is 0 Å². The Bertz CT molecular complexity index is 922. The minimum Gasteiger partial charge on any atom is -0.489 e. The molecule has 0 heterocycles. The number of hydrogen-bond donors (Lipinski definition) is 2. The van der Waals surface area contributed by atoms with Crippen LogP contribution in [0.5, 0.6) is 5.75 Å². The molecule has 2 saturated carbocycles. The van der Waals surface area contributed by atoms with Crippen molar-refractivity contribution in [3.8, 4) is 5.75 Å². The molecule has 2 aliphatic carbocycles. The van der Waals surface area contributed by atoms with Crippen LogP contribution in [0, 0.1) is 11.8 Å². The summed E-state index contributed by atoms with van der Waals surface area (Å²) in [4.78, 5) is 0. The molecule has 0 amide bonds. The molecule has 2 aromatic rings. The van der Waals surface area contributed by atoms with Gasteiger partial charge in [0.1, 0.15) is 12.4 Å². The van der Waals surface area contributed by atoms with E-state index in [-0.39, 0.29) is 23.5 Å². The number of fused-ring (bicyclic) bond motifs is 1. The number of ether oxygens (including phenoxy) is 1. The van der Waals surface area contributed by atoms with Crippen LogP contribution >= 0.6 is 0 Å². The number of rotatable bonds is 10. The van der Waals surface area contributed by atoms with E-state index < -0.39 is 0 Å². The molecule has 2 fully saturated rings. The van der Waals surface area contributed by atoms with Gasteiger partial charge >= 0.3 is 0 Å². The lowest BCUT2D eigenvalue weighted by atomic mass is 9.62. The van der Waals surface area contributed by atoms with Crippen LogP contribution in [-0.2, 0) is 12.0 Å². The normalized spacial score (nSPS) is 26.8. The highest BCUT2D eigenvalue weighted by molar-refractivity contribution is 5.43. The molecule has 5 unspecified atom stereocenters. The fraction of sp³-hybridized carbons (Fsp3) is 0.625. The van der Waals surface area contributed by atoms with Crippen molar-refractivity contribution in [3.63, 3.8) is 0 Å². The minimum atomic E-state index is -0.270. The highest BCUT2D eigenvalue weighted by Crippen LogP contribution is 2.50. The average Bonchev–Trinajstić information content (AvgIpc) is 2.86. The lowest BCUT2D eigenvalue weighted by Crippen LogP contribution is -2.39. The van der Waals surface area contributed by atoms with Gasteiger partial charge in [0.05, 0.1) is 12.2 Å². The van der Waals surface area contributed by atoms with Crippen LogP contribution in [0.25, 0.3) is 0 Å². The number of unbranched alkanes of at least 4 members (excludes halogenated alkanes) is 3. The fourth-order valence-electron chi connectivity index (χ4n) is 6.56. The van der Waals surface area contributed by atoms with E-state index in [0.717, 1.165) is 43.4 Å². The van der Waals surface area contributed by atoms with Crippen LogP contribution in [0.1, 0.15) is 108 Å². The van der Waals surface area contributed by atoms with Gasteiger partial charge in [0.25, 0.3) is 0 Å². The zero-order valence-corrected chi connectivity index (χ0v) is 22.1. The molecule has 0 aromatic heterocycles. The molecule has 0 bridgehead atoms. The molecule has 2 aromatic carbocycles. The van der Waals surface area contributed by atoms with Crippen LogP contribution in [-0.4, -0.2) is 22.4 Å². The molecular weight excluding hydrogens is 432 g/mol. The molecule has 5 atom stereocenters. The van der Waals surface area contributed by atoms with Crippen molar-refractivity contribution in [1.82, 2.24) is 0 Å². The maximum Gasteiger partial charge on any atom is 0.123 e. The Morgan fingerprint density at radius 1 is 0.886 bits per heavy atom. The summed E-state index contributed by atoms with van der Waals surface area (Å²) in [6.07, 6.45) is 10.1. The van der Waals surface area contributed by atoms with Crippen molar-refractivity contribution in [2.24, 2.45) is 11.8 Å². The Labute approximate surface area is 212 Å². The standard InChI is InChI=1S/C32H46O3/c1-4-5-6-10-17-32(2,3)25-14-16-28(31(19-25)35-22-23-11-8-7-9-12-23)30-21-27(34)18-24-13-15-26(33)20-29(24)30/h7-9,11-12,14,16,19,24,26-27,29-30,33-34H,4-6,10,13,15,17-18,20-22H2,1-3H3. The van der Waals surface area contributed by atoms with E-state index >= 15 is 0 Å². The summed E-state index contributed by atoms with van der Waals surface area (Å²) < 4.78 is 6.55. The SMILES string of the molecule is CCCCCCC(C)(C)c1ccc(C2CC(O)CC3CCC(O)CC32)c(OCc2ccccc2)c1. The Morgan fingerprint density at radius 3 is 2.46 bits per heavy atom. The molecule has 0 radical (unpaired) electrons. The van der Waals surface area contributed by atoms with Crippen LogP contribution in [0.15, 0.2) is 48.5 Å². The van der Waals surface area contributed by atoms with Crippen LogP contribution in [0.3, 0.4) is 0 Å². The van der Waals surface area contributed by atoms with Crippen molar-refractivity contribution in [1.29, 1.82) is 0 Å². The largest absolute Gasteiger partial charge is 0.489 e. The second-order valence-electron chi connectivity index (χ2n) is 11.8. The lowest BCUT2D eigenvalue weighted by Gasteiger charge is -2.45. The number of hydrogen-bond acceptors (Lipinski definition) is 3. The quantitative estimate of drug-likeness (QED) is 0.347. The number of aliphatic hydroxyl groups is 2. The van der Waals surface area contributed by atoms with Gasteiger partial charge in [0, 0.05) is 0 Å². The molecule has 3 heteroatoms. The van der Waals surface area contributed by atoms with E-state index in [2.05, 4.69) is 63.2 Å². The first kappa shape index (κ1) is 26.2. The lowest BCUT2D eigenvalue weighted by molar-refractivity contribution is -0.00877. The first-order valence-corrected chi connectivity index (χ1v) is 14.0. The van der Waals surface area contributed by atoms with Crippen molar-refractivity contribution in [2.45, 2.75) is 115 Å². The Kier molecular flexibility index (Phi) is 8.94. The summed E-state index contributed by atoms with van der Waals surface area (Å²) in [6.45, 7) is 7.51. The average molecular weight is 479 g/mol. The topological polar surface area (TPSA) is 49.7 Å². The maximum atomic E-state index is 10.8. The van der Waals surface area contributed by atoms with E-state index in [0.29, 0.717) is 18.4 Å². The predicted molar refractivity (Wildman–Crippen MR) is 144 cm³/mol. The van der Waals surface area contributed by atoms with E-state index in [1.165, 1.54) is 43.2 Å². The zero-order valence-electron chi connectivity index (χ0n) is 22.1. The Balaban J connectivity index is 1.63. The second-order valence-corrected chi connectivity index (χ2v) is 11.8. The first-order valence-electron chi connectivity index (χ1n) is 14.0. The van der Waals surface area contributed by atoms with Crippen LogP contribution in [0.2, 0.25) is 0 Å². The smallest absolute Gasteiger partial charge is 0.123 e. The van der Waals surface area contributed by atoms with E-state index in [1.807, 2.05) is 6.07 Å². The van der Waals surface area contributed by atoms with E-state index in [1.54, 1.807) is 0 Å². The summed E-state index contributed by atoms with van der Waals surface area (Å²) >= 11 is 0. The van der Waals surface area contributed by atoms with Crippen molar-refractivity contribution in [2.75, 3.05) is 0 Å². The van der Waals surface area contributed by atoms with Gasteiger partial charge in [-0.15, -0.1) is 0 Å². The van der Waals surface area contributed by atoms with Gasteiger partial charge < -0.3 is 14.9 Å². The monoisotopic (exact) mass is 478 g/mol. The van der Waals surface area contributed by atoms with Gasteiger partial charge in [-0.3, -0.25) is 0 Å². The van der Waals surface area contributed by atoms with E-state index in [4.69, 9.17) is 4.74 Å². The predicted octanol–water partition coefficient (Wildman–Crippen LogP) is 7.53. The summed E-state index contributed by atoms with van der Waals surface area (Å²) in [5, 5.41) is 21.2. The molecule has 3 nitrogen and oxygen atoms in total. The Hall–Kier alpha value is -1.84. The highest BCUT2D eigenvalue weighted by Gasteiger charge is 2.42. The first-order chi connectivity index (χ1) is 16.9. The van der Waals surface area contributed by atoms with Gasteiger partial charge in [-0.05, 0) is 84.5 Å². The molecule has 192 valence electrons. The van der Waals surface area contributed by atoms with Crippen molar-refractivity contribution in [3.05, 3.63) is 65.2 Å². The molecule has 0 aliphatic heterocycles. The highest BCUT2D eigenvalue weighted by atomic mass is 16.5. The summed E-state index contributed by atoms with van der Waals surface area (Å²) in [5.74, 6) is 2.09. The van der Waals surface area contributed by atoms with E-state index in [9.17, 15) is 10.2 Å². The van der Waals surface area contributed by atoms with Gasteiger partial charge in [-0.1, -0.05) is 88.9 Å². The van der Waals surface area contributed by atoms with Gasteiger partial charge in [-0.25, -0.2) is 0 Å². The third-order valence-corrected chi connectivity index (χ3v) is 8.73. The van der Waals surface area contributed by atoms with Crippen LogP contribution in [0.4, 0.5) is 0 Å². The third-order valence-electron chi connectivity index (χ3n) is 8.73. The summed E-state index contributed by atoms with van der Waals surface area (Å²) in [6, 6.07) is 17.2. The molecule has 35 heavy (non-hydrogen) atoms. The molecule has 0 spiro atoms. The minimum absolute atomic E-state index is 0.0901. The molecular formula is C32H46O3. The van der Waals surface area contributed by atoms with Crippen LogP contribution < -0.4 is 4.74 Å². The zero-order chi connectivity index (χ0) is 24.8. The molecule has 2 aliphatic rings. The molecule has 2 N–H and O–H groups in total.